The van der Waals surface area contributed by atoms with Crippen LogP contribution >= 0.6 is 0 Å². The van der Waals surface area contributed by atoms with Crippen molar-refractivity contribution in [2.24, 2.45) is 5.92 Å². The SMILES string of the molecule is COC(=O)c1cccc(NC(=O)NCC(=O)N(Cc2ccccc2)C2c3ccccc3CCC2Cc2ccccc2)c1. The number of esters is 1. The largest absolute Gasteiger partial charge is 0.465 e. The van der Waals surface area contributed by atoms with E-state index in [0.717, 1.165) is 30.4 Å². The summed E-state index contributed by atoms with van der Waals surface area (Å²) in [6.45, 7) is 0.251. The first kappa shape index (κ1) is 28.6. The maximum Gasteiger partial charge on any atom is 0.337 e. The maximum atomic E-state index is 14.0. The molecule has 0 saturated carbocycles. The smallest absolute Gasteiger partial charge is 0.337 e. The number of aryl methyl sites for hydroxylation is 1. The standard InChI is InChI=1S/C35H35N3O4/c1-42-34(40)29-16-10-17-30(22-29)37-35(41)36-23-32(39)38(24-26-13-6-3-7-14-26)33-28(21-25-11-4-2-5-12-25)20-19-27-15-8-9-18-31(27)33/h2-18,22,28,33H,19-21,23-24H2,1H3,(H2,36,37,41). The monoisotopic (exact) mass is 561 g/mol. The lowest BCUT2D eigenvalue weighted by atomic mass is 9.76. The summed E-state index contributed by atoms with van der Waals surface area (Å²) in [6, 6.07) is 34.5. The van der Waals surface area contributed by atoms with Gasteiger partial charge in [0.15, 0.2) is 0 Å². The number of nitrogens with zero attached hydrogens (tertiary/aromatic N) is 1. The number of fused-ring (bicyclic) bond motifs is 1. The van der Waals surface area contributed by atoms with E-state index >= 15 is 0 Å². The summed E-state index contributed by atoms with van der Waals surface area (Å²) in [7, 11) is 1.30. The van der Waals surface area contributed by atoms with Crippen LogP contribution in [0.1, 0.15) is 45.1 Å². The highest BCUT2D eigenvalue weighted by Crippen LogP contribution is 2.41. The summed E-state index contributed by atoms with van der Waals surface area (Å²) >= 11 is 0. The van der Waals surface area contributed by atoms with Gasteiger partial charge in [-0.05, 0) is 65.6 Å². The topological polar surface area (TPSA) is 87.7 Å². The van der Waals surface area contributed by atoms with Crippen LogP contribution in [0.2, 0.25) is 0 Å². The van der Waals surface area contributed by atoms with Gasteiger partial charge in [-0.1, -0.05) is 91.0 Å². The molecule has 2 unspecified atom stereocenters. The van der Waals surface area contributed by atoms with Gasteiger partial charge < -0.3 is 20.3 Å². The first-order valence-corrected chi connectivity index (χ1v) is 14.2. The van der Waals surface area contributed by atoms with E-state index in [1.807, 2.05) is 47.4 Å². The Morgan fingerprint density at radius 2 is 1.52 bits per heavy atom. The van der Waals surface area contributed by atoms with E-state index in [1.54, 1.807) is 18.2 Å². The minimum atomic E-state index is -0.532. The molecule has 0 aromatic heterocycles. The lowest BCUT2D eigenvalue weighted by Crippen LogP contribution is -2.46. The number of hydrogen-bond donors (Lipinski definition) is 2. The van der Waals surface area contributed by atoms with Gasteiger partial charge in [-0.2, -0.15) is 0 Å². The van der Waals surface area contributed by atoms with Crippen LogP contribution in [0.15, 0.2) is 109 Å². The van der Waals surface area contributed by atoms with Crippen molar-refractivity contribution in [3.8, 4) is 0 Å². The second-order valence-electron chi connectivity index (χ2n) is 10.5. The summed E-state index contributed by atoms with van der Waals surface area (Å²) in [6.07, 6.45) is 2.77. The summed E-state index contributed by atoms with van der Waals surface area (Å²) in [5, 5.41) is 5.44. The second-order valence-corrected chi connectivity index (χ2v) is 10.5. The van der Waals surface area contributed by atoms with Gasteiger partial charge in [0, 0.05) is 12.2 Å². The summed E-state index contributed by atoms with van der Waals surface area (Å²) < 4.78 is 4.76. The number of anilines is 1. The number of methoxy groups -OCH3 is 1. The Balaban J connectivity index is 1.38. The fourth-order valence-corrected chi connectivity index (χ4v) is 5.75. The van der Waals surface area contributed by atoms with E-state index in [1.165, 1.54) is 24.3 Å². The molecule has 1 aliphatic carbocycles. The maximum absolute atomic E-state index is 14.0. The normalized spacial score (nSPS) is 15.6. The molecule has 3 amide bonds. The zero-order valence-corrected chi connectivity index (χ0v) is 23.7. The number of nitrogens with one attached hydrogen (secondary N) is 2. The van der Waals surface area contributed by atoms with Gasteiger partial charge in [0.2, 0.25) is 5.91 Å². The average Bonchev–Trinajstić information content (AvgIpc) is 3.03. The highest BCUT2D eigenvalue weighted by atomic mass is 16.5. The Bertz CT molecular complexity index is 1520. The number of carbonyl (C=O) groups excluding carboxylic acids is 3. The Morgan fingerprint density at radius 1 is 0.833 bits per heavy atom. The molecule has 4 aromatic carbocycles. The van der Waals surface area contributed by atoms with Crippen LogP contribution < -0.4 is 10.6 Å². The molecular weight excluding hydrogens is 526 g/mol. The van der Waals surface area contributed by atoms with Crippen molar-refractivity contribution in [3.63, 3.8) is 0 Å². The van der Waals surface area contributed by atoms with Crippen LogP contribution in [0.5, 0.6) is 0 Å². The van der Waals surface area contributed by atoms with Crippen molar-refractivity contribution < 1.29 is 19.1 Å². The Hall–Kier alpha value is -4.91. The Kier molecular flexibility index (Phi) is 9.29. The molecule has 7 nitrogen and oxygen atoms in total. The first-order chi connectivity index (χ1) is 20.5. The summed E-state index contributed by atoms with van der Waals surface area (Å²) in [4.78, 5) is 40.6. The van der Waals surface area contributed by atoms with Gasteiger partial charge >= 0.3 is 12.0 Å². The number of benzene rings is 4. The van der Waals surface area contributed by atoms with Crippen molar-refractivity contribution >= 4 is 23.6 Å². The van der Waals surface area contributed by atoms with E-state index in [-0.39, 0.29) is 24.4 Å². The van der Waals surface area contributed by atoms with E-state index in [4.69, 9.17) is 4.74 Å². The third kappa shape index (κ3) is 7.04. The zero-order valence-electron chi connectivity index (χ0n) is 23.7. The highest BCUT2D eigenvalue weighted by Gasteiger charge is 2.36. The fraction of sp³-hybridized carbons (Fsp3) is 0.229. The molecule has 7 heteroatoms. The van der Waals surface area contributed by atoms with Crippen LogP contribution in [0.3, 0.4) is 0 Å². The van der Waals surface area contributed by atoms with Crippen LogP contribution in [0.25, 0.3) is 0 Å². The van der Waals surface area contributed by atoms with E-state index in [2.05, 4.69) is 53.1 Å². The lowest BCUT2D eigenvalue weighted by Gasteiger charge is -2.42. The van der Waals surface area contributed by atoms with Crippen molar-refractivity contribution in [2.45, 2.75) is 31.8 Å². The number of carbonyl (C=O) groups is 3. The van der Waals surface area contributed by atoms with Crippen LogP contribution in [0.4, 0.5) is 10.5 Å². The van der Waals surface area contributed by atoms with Crippen LogP contribution in [-0.2, 0) is 28.9 Å². The Morgan fingerprint density at radius 3 is 2.26 bits per heavy atom. The van der Waals surface area contributed by atoms with Crippen LogP contribution in [0, 0.1) is 5.92 Å². The molecule has 0 bridgehead atoms. The molecule has 4 aromatic rings. The van der Waals surface area contributed by atoms with Gasteiger partial charge in [0.25, 0.3) is 0 Å². The molecular formula is C35H35N3O4. The molecule has 2 N–H and O–H groups in total. The molecule has 0 saturated heterocycles. The molecule has 1 aliphatic rings. The number of ether oxygens (including phenoxy) is 1. The van der Waals surface area contributed by atoms with Crippen molar-refractivity contribution in [1.29, 1.82) is 0 Å². The van der Waals surface area contributed by atoms with Gasteiger partial charge in [0.1, 0.15) is 0 Å². The van der Waals surface area contributed by atoms with E-state index in [0.29, 0.717) is 17.8 Å². The van der Waals surface area contributed by atoms with E-state index < -0.39 is 12.0 Å². The number of rotatable bonds is 9. The highest BCUT2D eigenvalue weighted by molar-refractivity contribution is 5.95. The van der Waals surface area contributed by atoms with Gasteiger partial charge in [-0.25, -0.2) is 9.59 Å². The van der Waals surface area contributed by atoms with Gasteiger partial charge in [-0.3, -0.25) is 4.79 Å². The molecule has 0 aliphatic heterocycles. The molecule has 0 heterocycles. The Labute approximate surface area is 246 Å². The minimum Gasteiger partial charge on any atom is -0.465 e. The molecule has 214 valence electrons. The second kappa shape index (κ2) is 13.6. The predicted molar refractivity (Wildman–Crippen MR) is 163 cm³/mol. The lowest BCUT2D eigenvalue weighted by molar-refractivity contribution is -0.135. The van der Waals surface area contributed by atoms with E-state index in [9.17, 15) is 14.4 Å². The van der Waals surface area contributed by atoms with Crippen molar-refractivity contribution in [3.05, 3.63) is 137 Å². The van der Waals surface area contributed by atoms with Crippen LogP contribution in [-0.4, -0.2) is 36.5 Å². The number of amides is 3. The third-order valence-electron chi connectivity index (χ3n) is 7.74. The average molecular weight is 562 g/mol. The van der Waals surface area contributed by atoms with Crippen molar-refractivity contribution in [2.75, 3.05) is 19.0 Å². The summed E-state index contributed by atoms with van der Waals surface area (Å²) in [5.41, 5.74) is 5.43. The molecule has 0 radical (unpaired) electrons. The molecule has 42 heavy (non-hydrogen) atoms. The predicted octanol–water partition coefficient (Wildman–Crippen LogP) is 6.17. The van der Waals surface area contributed by atoms with Gasteiger partial charge in [-0.15, -0.1) is 0 Å². The van der Waals surface area contributed by atoms with Crippen molar-refractivity contribution in [1.82, 2.24) is 10.2 Å². The number of hydrogen-bond acceptors (Lipinski definition) is 4. The quantitative estimate of drug-likeness (QED) is 0.239. The zero-order chi connectivity index (χ0) is 29.3. The molecule has 0 fully saturated rings. The van der Waals surface area contributed by atoms with Gasteiger partial charge in [0.05, 0.1) is 25.3 Å². The fourth-order valence-electron chi connectivity index (χ4n) is 5.75. The molecule has 2 atom stereocenters. The first-order valence-electron chi connectivity index (χ1n) is 14.2. The number of urea groups is 1. The third-order valence-corrected chi connectivity index (χ3v) is 7.74. The minimum absolute atomic E-state index is 0.149. The molecule has 5 rings (SSSR count). The molecule has 0 spiro atoms. The summed E-state index contributed by atoms with van der Waals surface area (Å²) in [5.74, 6) is -0.453.